The van der Waals surface area contributed by atoms with Crippen LogP contribution in [0.4, 0.5) is 5.69 Å². The Morgan fingerprint density at radius 3 is 2.41 bits per heavy atom. The Kier molecular flexibility index (Phi) is 7.92. The lowest BCUT2D eigenvalue weighted by atomic mass is 10.2. The average molecular weight is 443 g/mol. The molecule has 2 rings (SSSR count). The zero-order valence-electron chi connectivity index (χ0n) is 14.4. The predicted octanol–water partition coefficient (Wildman–Crippen LogP) is 4.81. The number of carbonyl (C=O) groups excluding carboxylic acids is 1. The van der Waals surface area contributed by atoms with Crippen molar-refractivity contribution < 1.29 is 4.79 Å². The zero-order valence-corrected chi connectivity index (χ0v) is 17.5. The molecule has 142 valence electrons. The van der Waals surface area contributed by atoms with Gasteiger partial charge in [0.15, 0.2) is 5.11 Å². The molecule has 0 spiro atoms. The Bertz CT molecular complexity index is 822. The molecule has 0 unspecified atom stereocenters. The van der Waals surface area contributed by atoms with Gasteiger partial charge in [-0.2, -0.15) is 0 Å². The minimum Gasteiger partial charge on any atom is -0.339 e. The van der Waals surface area contributed by atoms with Crippen LogP contribution in [0, 0.1) is 6.92 Å². The Morgan fingerprint density at radius 1 is 1.07 bits per heavy atom. The third-order valence-electron chi connectivity index (χ3n) is 3.39. The molecule has 0 bridgehead atoms. The number of hydrogen-bond donors (Lipinski definition) is 3. The van der Waals surface area contributed by atoms with Crippen molar-refractivity contribution in [3.63, 3.8) is 0 Å². The summed E-state index contributed by atoms with van der Waals surface area (Å²) in [6.07, 6.45) is 1.99. The van der Waals surface area contributed by atoms with Crippen molar-refractivity contribution in [2.24, 2.45) is 0 Å². The molecule has 0 saturated heterocycles. The molecule has 1 amide bonds. The SMILES string of the molecule is Cc1cccc(NC(=S)N[C@@H](NC(=O)/C=C/c2ccccc2)C(Cl)(Cl)Cl)c1. The van der Waals surface area contributed by atoms with E-state index in [1.807, 2.05) is 61.5 Å². The molecule has 4 nitrogen and oxygen atoms in total. The molecule has 0 radical (unpaired) electrons. The lowest BCUT2D eigenvalue weighted by molar-refractivity contribution is -0.117. The molecule has 2 aromatic carbocycles. The van der Waals surface area contributed by atoms with Crippen LogP contribution in [0.2, 0.25) is 0 Å². The minimum atomic E-state index is -1.81. The number of aryl methyl sites for hydroxylation is 1. The van der Waals surface area contributed by atoms with E-state index < -0.39 is 15.9 Å². The summed E-state index contributed by atoms with van der Waals surface area (Å²) in [6.45, 7) is 1.96. The first-order valence-corrected chi connectivity index (χ1v) is 9.53. The van der Waals surface area contributed by atoms with Crippen LogP contribution in [0.1, 0.15) is 11.1 Å². The van der Waals surface area contributed by atoms with Gasteiger partial charge in [-0.15, -0.1) is 0 Å². The Morgan fingerprint density at radius 2 is 1.78 bits per heavy atom. The van der Waals surface area contributed by atoms with E-state index in [0.717, 1.165) is 16.8 Å². The van der Waals surface area contributed by atoms with Crippen LogP contribution in [0.25, 0.3) is 6.08 Å². The van der Waals surface area contributed by atoms with E-state index in [9.17, 15) is 4.79 Å². The summed E-state index contributed by atoms with van der Waals surface area (Å²) in [5.41, 5.74) is 2.73. The van der Waals surface area contributed by atoms with Crippen LogP contribution in [-0.2, 0) is 4.79 Å². The lowest BCUT2D eigenvalue weighted by Crippen LogP contribution is -2.55. The molecule has 0 aliphatic rings. The number of thiocarbonyl (C=S) groups is 1. The highest BCUT2D eigenvalue weighted by Crippen LogP contribution is 2.29. The maximum atomic E-state index is 12.2. The van der Waals surface area contributed by atoms with Crippen LogP contribution in [0.5, 0.6) is 0 Å². The van der Waals surface area contributed by atoms with Crippen molar-refractivity contribution >= 4 is 69.8 Å². The van der Waals surface area contributed by atoms with Crippen LogP contribution < -0.4 is 16.0 Å². The van der Waals surface area contributed by atoms with E-state index in [4.69, 9.17) is 47.0 Å². The summed E-state index contributed by atoms with van der Waals surface area (Å²) in [4.78, 5) is 12.2. The van der Waals surface area contributed by atoms with Crippen molar-refractivity contribution in [1.82, 2.24) is 10.6 Å². The van der Waals surface area contributed by atoms with Crippen molar-refractivity contribution in [3.8, 4) is 0 Å². The molecule has 27 heavy (non-hydrogen) atoms. The largest absolute Gasteiger partial charge is 0.339 e. The summed E-state index contributed by atoms with van der Waals surface area (Å²) < 4.78 is -1.81. The standard InChI is InChI=1S/C19H18Cl3N3OS/c1-13-6-5-9-15(12-13)23-18(27)25-17(19(20,21)22)24-16(26)11-10-14-7-3-2-4-8-14/h2-12,17H,1H3,(H,24,26)(H2,23,25,27)/b11-10+/t17-/m1/s1. The number of halogens is 3. The summed E-state index contributed by atoms with van der Waals surface area (Å²) in [5.74, 6) is -0.430. The summed E-state index contributed by atoms with van der Waals surface area (Å²) in [6, 6.07) is 17.0. The highest BCUT2D eigenvalue weighted by atomic mass is 35.6. The lowest BCUT2D eigenvalue weighted by Gasteiger charge is -2.27. The second-order valence-corrected chi connectivity index (χ2v) is 8.47. The third-order valence-corrected chi connectivity index (χ3v) is 4.27. The number of amides is 1. The summed E-state index contributed by atoms with van der Waals surface area (Å²) >= 11 is 23.2. The molecular formula is C19H18Cl3N3OS. The molecule has 0 fully saturated rings. The quantitative estimate of drug-likeness (QED) is 0.269. The molecule has 8 heteroatoms. The second-order valence-electron chi connectivity index (χ2n) is 5.70. The zero-order chi connectivity index (χ0) is 19.9. The third kappa shape index (κ3) is 7.77. The molecule has 0 heterocycles. The maximum Gasteiger partial charge on any atom is 0.245 e. The van der Waals surface area contributed by atoms with Gasteiger partial charge in [0.2, 0.25) is 9.70 Å². The number of hydrogen-bond acceptors (Lipinski definition) is 2. The normalized spacial score (nSPS) is 12.4. The Balaban J connectivity index is 1.99. The fourth-order valence-electron chi connectivity index (χ4n) is 2.15. The summed E-state index contributed by atoms with van der Waals surface area (Å²) in [7, 11) is 0. The molecule has 3 N–H and O–H groups in total. The Hall–Kier alpha value is -1.79. The fourth-order valence-corrected chi connectivity index (χ4v) is 2.71. The first-order chi connectivity index (χ1) is 12.7. The number of nitrogens with one attached hydrogen (secondary N) is 3. The van der Waals surface area contributed by atoms with Gasteiger partial charge in [-0.05, 0) is 48.5 Å². The van der Waals surface area contributed by atoms with Crippen LogP contribution >= 0.6 is 47.0 Å². The number of rotatable bonds is 5. The van der Waals surface area contributed by atoms with E-state index >= 15 is 0 Å². The topological polar surface area (TPSA) is 53.2 Å². The van der Waals surface area contributed by atoms with Crippen LogP contribution in [-0.4, -0.2) is 21.0 Å². The van der Waals surface area contributed by atoms with E-state index in [1.54, 1.807) is 6.08 Å². The monoisotopic (exact) mass is 441 g/mol. The fraction of sp³-hybridized carbons (Fsp3) is 0.158. The number of alkyl halides is 3. The van der Waals surface area contributed by atoms with Crippen molar-refractivity contribution in [2.75, 3.05) is 5.32 Å². The van der Waals surface area contributed by atoms with Gasteiger partial charge in [0.25, 0.3) is 0 Å². The highest BCUT2D eigenvalue weighted by molar-refractivity contribution is 7.80. The first kappa shape index (κ1) is 21.5. The molecule has 0 saturated carbocycles. The van der Waals surface area contributed by atoms with Crippen molar-refractivity contribution in [3.05, 3.63) is 71.8 Å². The van der Waals surface area contributed by atoms with Gasteiger partial charge in [0.05, 0.1) is 0 Å². The van der Waals surface area contributed by atoms with Crippen molar-refractivity contribution in [2.45, 2.75) is 16.9 Å². The average Bonchev–Trinajstić information content (AvgIpc) is 2.59. The second kappa shape index (κ2) is 9.95. The molecular weight excluding hydrogens is 425 g/mol. The van der Waals surface area contributed by atoms with E-state index in [1.165, 1.54) is 6.08 Å². The molecule has 0 aliphatic carbocycles. The number of carbonyl (C=O) groups is 1. The molecule has 1 atom stereocenters. The minimum absolute atomic E-state index is 0.212. The predicted molar refractivity (Wildman–Crippen MR) is 118 cm³/mol. The van der Waals surface area contributed by atoms with Gasteiger partial charge < -0.3 is 16.0 Å². The first-order valence-electron chi connectivity index (χ1n) is 7.98. The summed E-state index contributed by atoms with van der Waals surface area (Å²) in [5, 5.41) is 8.61. The maximum absolute atomic E-state index is 12.2. The van der Waals surface area contributed by atoms with Crippen molar-refractivity contribution in [1.29, 1.82) is 0 Å². The van der Waals surface area contributed by atoms with E-state index in [0.29, 0.717) is 0 Å². The van der Waals surface area contributed by atoms with Gasteiger partial charge in [-0.1, -0.05) is 77.3 Å². The van der Waals surface area contributed by atoms with Crippen LogP contribution in [0.3, 0.4) is 0 Å². The Labute approximate surface area is 178 Å². The van der Waals surface area contributed by atoms with Gasteiger partial charge >= 0.3 is 0 Å². The highest BCUT2D eigenvalue weighted by Gasteiger charge is 2.34. The van der Waals surface area contributed by atoms with E-state index in [-0.39, 0.29) is 5.11 Å². The smallest absolute Gasteiger partial charge is 0.245 e. The van der Waals surface area contributed by atoms with Gasteiger partial charge in [0.1, 0.15) is 6.17 Å². The number of anilines is 1. The van der Waals surface area contributed by atoms with Crippen LogP contribution in [0.15, 0.2) is 60.7 Å². The number of benzene rings is 2. The molecule has 2 aromatic rings. The molecule has 0 aliphatic heterocycles. The molecule has 0 aromatic heterocycles. The van der Waals surface area contributed by atoms with Gasteiger partial charge in [0, 0.05) is 11.8 Å². The van der Waals surface area contributed by atoms with Gasteiger partial charge in [-0.3, -0.25) is 4.79 Å². The van der Waals surface area contributed by atoms with E-state index in [2.05, 4.69) is 16.0 Å². The van der Waals surface area contributed by atoms with Gasteiger partial charge in [-0.25, -0.2) is 0 Å².